The molecule has 0 heterocycles. The van der Waals surface area contributed by atoms with Crippen LogP contribution in [0.2, 0.25) is 0 Å². The molecule has 0 aliphatic heterocycles. The number of ether oxygens (including phenoxy) is 2. The standard InChI is InChI=1S/C18H22O3/c1-5-8-15-10-7-11-16(9-6-2)17(15)20-12-13-21-18(19)14(3)4/h5-7,10-11H,1-3,8-9,12-13H2,4H3. The lowest BCUT2D eigenvalue weighted by atomic mass is 10.0. The van der Waals surface area contributed by atoms with Gasteiger partial charge < -0.3 is 9.47 Å². The fourth-order valence-electron chi connectivity index (χ4n) is 1.86. The Labute approximate surface area is 126 Å². The van der Waals surface area contributed by atoms with E-state index >= 15 is 0 Å². The van der Waals surface area contributed by atoms with Crippen LogP contribution in [0.1, 0.15) is 18.1 Å². The maximum atomic E-state index is 11.3. The molecular formula is C18H22O3. The van der Waals surface area contributed by atoms with Crippen molar-refractivity contribution >= 4 is 5.97 Å². The van der Waals surface area contributed by atoms with Gasteiger partial charge in [-0.15, -0.1) is 13.2 Å². The highest BCUT2D eigenvalue weighted by Gasteiger charge is 2.09. The maximum absolute atomic E-state index is 11.3. The predicted octanol–water partition coefficient (Wildman–Crippen LogP) is 3.64. The molecule has 1 aromatic carbocycles. The van der Waals surface area contributed by atoms with Crippen molar-refractivity contribution in [3.63, 3.8) is 0 Å². The van der Waals surface area contributed by atoms with Crippen molar-refractivity contribution in [2.45, 2.75) is 19.8 Å². The lowest BCUT2D eigenvalue weighted by Gasteiger charge is -2.14. The molecule has 0 aliphatic carbocycles. The van der Waals surface area contributed by atoms with Crippen molar-refractivity contribution in [3.05, 3.63) is 66.8 Å². The van der Waals surface area contributed by atoms with Gasteiger partial charge in [0, 0.05) is 5.57 Å². The highest BCUT2D eigenvalue weighted by Crippen LogP contribution is 2.25. The van der Waals surface area contributed by atoms with Gasteiger partial charge >= 0.3 is 5.97 Å². The van der Waals surface area contributed by atoms with E-state index in [1.165, 1.54) is 0 Å². The van der Waals surface area contributed by atoms with Crippen molar-refractivity contribution in [3.8, 4) is 5.75 Å². The molecule has 0 saturated carbocycles. The Morgan fingerprint density at radius 3 is 2.19 bits per heavy atom. The van der Waals surface area contributed by atoms with Gasteiger partial charge in [-0.3, -0.25) is 0 Å². The van der Waals surface area contributed by atoms with Gasteiger partial charge in [0.1, 0.15) is 19.0 Å². The molecule has 0 radical (unpaired) electrons. The molecule has 0 spiro atoms. The summed E-state index contributed by atoms with van der Waals surface area (Å²) >= 11 is 0. The summed E-state index contributed by atoms with van der Waals surface area (Å²) < 4.78 is 10.8. The van der Waals surface area contributed by atoms with E-state index in [9.17, 15) is 4.79 Å². The molecule has 0 aliphatic rings. The van der Waals surface area contributed by atoms with Crippen molar-refractivity contribution in [1.29, 1.82) is 0 Å². The number of carbonyl (C=O) groups excluding carboxylic acids is 1. The number of esters is 1. The Balaban J connectivity index is 2.70. The van der Waals surface area contributed by atoms with E-state index in [0.717, 1.165) is 29.7 Å². The Kier molecular flexibility index (Phi) is 7.02. The molecule has 0 fully saturated rings. The SMILES string of the molecule is C=CCc1cccc(CC=C)c1OCCOC(=O)C(=C)C. The fraction of sp³-hybridized carbons (Fsp3) is 0.278. The Hall–Kier alpha value is -2.29. The molecule has 0 N–H and O–H groups in total. The summed E-state index contributed by atoms with van der Waals surface area (Å²) in [6.45, 7) is 13.2. The average Bonchev–Trinajstić information content (AvgIpc) is 2.45. The molecular weight excluding hydrogens is 264 g/mol. The van der Waals surface area contributed by atoms with Gasteiger partial charge in [0.25, 0.3) is 0 Å². The summed E-state index contributed by atoms with van der Waals surface area (Å²) in [5, 5.41) is 0. The quantitative estimate of drug-likeness (QED) is 0.301. The first-order valence-electron chi connectivity index (χ1n) is 6.88. The molecule has 0 bridgehead atoms. The molecule has 0 saturated heterocycles. The zero-order chi connectivity index (χ0) is 15.7. The van der Waals surface area contributed by atoms with Crippen LogP contribution in [0.3, 0.4) is 0 Å². The molecule has 0 aromatic heterocycles. The van der Waals surface area contributed by atoms with Crippen LogP contribution < -0.4 is 4.74 Å². The minimum Gasteiger partial charge on any atom is -0.489 e. The van der Waals surface area contributed by atoms with Gasteiger partial charge in [0.2, 0.25) is 0 Å². The smallest absolute Gasteiger partial charge is 0.333 e. The van der Waals surface area contributed by atoms with Crippen LogP contribution >= 0.6 is 0 Å². The molecule has 0 atom stereocenters. The second-order valence-electron chi connectivity index (χ2n) is 4.66. The first kappa shape index (κ1) is 16.8. The normalized spacial score (nSPS) is 9.76. The third-order valence-corrected chi connectivity index (χ3v) is 2.82. The second-order valence-corrected chi connectivity index (χ2v) is 4.66. The summed E-state index contributed by atoms with van der Waals surface area (Å²) in [6, 6.07) is 6.00. The van der Waals surface area contributed by atoms with Gasteiger partial charge in [-0.2, -0.15) is 0 Å². The van der Waals surface area contributed by atoms with Crippen LogP contribution in [0, 0.1) is 0 Å². The highest BCUT2D eigenvalue weighted by atomic mass is 16.6. The van der Waals surface area contributed by atoms with E-state index in [-0.39, 0.29) is 6.61 Å². The van der Waals surface area contributed by atoms with E-state index in [4.69, 9.17) is 9.47 Å². The van der Waals surface area contributed by atoms with Gasteiger partial charge in [-0.1, -0.05) is 36.9 Å². The van der Waals surface area contributed by atoms with Crippen molar-refractivity contribution in [2.75, 3.05) is 13.2 Å². The van der Waals surface area contributed by atoms with Crippen molar-refractivity contribution in [2.24, 2.45) is 0 Å². The monoisotopic (exact) mass is 286 g/mol. The maximum Gasteiger partial charge on any atom is 0.333 e. The van der Waals surface area contributed by atoms with Gasteiger partial charge in [-0.05, 0) is 30.9 Å². The largest absolute Gasteiger partial charge is 0.489 e. The van der Waals surface area contributed by atoms with Crippen LogP contribution in [-0.4, -0.2) is 19.2 Å². The first-order valence-corrected chi connectivity index (χ1v) is 6.88. The zero-order valence-corrected chi connectivity index (χ0v) is 12.6. The van der Waals surface area contributed by atoms with E-state index in [0.29, 0.717) is 12.2 Å². The molecule has 0 amide bonds. The molecule has 3 heteroatoms. The second kappa shape index (κ2) is 8.80. The summed E-state index contributed by atoms with van der Waals surface area (Å²) in [5.41, 5.74) is 2.51. The number of carbonyl (C=O) groups is 1. The number of hydrogen-bond acceptors (Lipinski definition) is 3. The average molecular weight is 286 g/mol. The third kappa shape index (κ3) is 5.30. The van der Waals surface area contributed by atoms with E-state index in [1.54, 1.807) is 6.92 Å². The van der Waals surface area contributed by atoms with Crippen LogP contribution in [-0.2, 0) is 22.4 Å². The summed E-state index contributed by atoms with van der Waals surface area (Å²) in [5.74, 6) is 0.424. The number of hydrogen-bond donors (Lipinski definition) is 0. The summed E-state index contributed by atoms with van der Waals surface area (Å²) in [4.78, 5) is 11.3. The minimum absolute atomic E-state index is 0.196. The van der Waals surface area contributed by atoms with Crippen LogP contribution in [0.5, 0.6) is 5.75 Å². The Morgan fingerprint density at radius 1 is 1.14 bits per heavy atom. The molecule has 3 nitrogen and oxygen atoms in total. The highest BCUT2D eigenvalue weighted by molar-refractivity contribution is 5.86. The third-order valence-electron chi connectivity index (χ3n) is 2.82. The first-order chi connectivity index (χ1) is 10.1. The Bertz CT molecular complexity index is 501. The number of allylic oxidation sites excluding steroid dienone is 2. The lowest BCUT2D eigenvalue weighted by Crippen LogP contribution is -2.13. The lowest BCUT2D eigenvalue weighted by molar-refractivity contribution is -0.139. The van der Waals surface area contributed by atoms with Gasteiger partial charge in [0.15, 0.2) is 0 Å². The fourth-order valence-corrected chi connectivity index (χ4v) is 1.86. The molecule has 112 valence electrons. The number of rotatable bonds is 9. The zero-order valence-electron chi connectivity index (χ0n) is 12.6. The van der Waals surface area contributed by atoms with Crippen LogP contribution in [0.15, 0.2) is 55.7 Å². The Morgan fingerprint density at radius 2 is 1.71 bits per heavy atom. The van der Waals surface area contributed by atoms with Gasteiger partial charge in [0.05, 0.1) is 0 Å². The topological polar surface area (TPSA) is 35.5 Å². The molecule has 1 rings (SSSR count). The summed E-state index contributed by atoms with van der Waals surface area (Å²) in [6.07, 6.45) is 5.12. The van der Waals surface area contributed by atoms with Crippen molar-refractivity contribution < 1.29 is 14.3 Å². The number of benzene rings is 1. The van der Waals surface area contributed by atoms with Crippen LogP contribution in [0.4, 0.5) is 0 Å². The molecule has 1 aromatic rings. The summed E-state index contributed by atoms with van der Waals surface area (Å²) in [7, 11) is 0. The minimum atomic E-state index is -0.399. The van der Waals surface area contributed by atoms with E-state index in [2.05, 4.69) is 19.7 Å². The van der Waals surface area contributed by atoms with E-state index in [1.807, 2.05) is 30.4 Å². The molecule has 21 heavy (non-hydrogen) atoms. The van der Waals surface area contributed by atoms with Crippen LogP contribution in [0.25, 0.3) is 0 Å². The predicted molar refractivity (Wildman–Crippen MR) is 85.5 cm³/mol. The van der Waals surface area contributed by atoms with Crippen molar-refractivity contribution in [1.82, 2.24) is 0 Å². The molecule has 0 unspecified atom stereocenters. The number of para-hydroxylation sites is 1. The van der Waals surface area contributed by atoms with Gasteiger partial charge in [-0.25, -0.2) is 4.79 Å². The van der Waals surface area contributed by atoms with E-state index < -0.39 is 5.97 Å².